The summed E-state index contributed by atoms with van der Waals surface area (Å²) in [6.45, 7) is 4.63. The van der Waals surface area contributed by atoms with Crippen molar-refractivity contribution in [1.82, 2.24) is 14.8 Å². The van der Waals surface area contributed by atoms with Gasteiger partial charge in [0.1, 0.15) is 17.1 Å². The first-order valence-electron chi connectivity index (χ1n) is 11.2. The summed E-state index contributed by atoms with van der Waals surface area (Å²) in [5.41, 5.74) is 2.84. The summed E-state index contributed by atoms with van der Waals surface area (Å²) >= 11 is 0. The first kappa shape index (κ1) is 21.7. The van der Waals surface area contributed by atoms with Gasteiger partial charge in [-0.15, -0.1) is 0 Å². The minimum atomic E-state index is -0.413. The third-order valence-electron chi connectivity index (χ3n) is 5.85. The smallest absolute Gasteiger partial charge is 0.260 e. The Morgan fingerprint density at radius 3 is 2.79 bits per heavy atom. The predicted molar refractivity (Wildman–Crippen MR) is 132 cm³/mol. The summed E-state index contributed by atoms with van der Waals surface area (Å²) in [6, 6.07) is 15.4. The maximum Gasteiger partial charge on any atom is 0.260 e. The molecule has 0 saturated carbocycles. The minimum absolute atomic E-state index is 0.291. The molecule has 1 amide bonds. The van der Waals surface area contributed by atoms with Crippen molar-refractivity contribution < 1.29 is 14.3 Å². The van der Waals surface area contributed by atoms with E-state index in [1.54, 1.807) is 19.4 Å². The summed E-state index contributed by atoms with van der Waals surface area (Å²) in [4.78, 5) is 17.5. The van der Waals surface area contributed by atoms with Gasteiger partial charge in [0.15, 0.2) is 5.82 Å². The van der Waals surface area contributed by atoms with Gasteiger partial charge in [0.2, 0.25) is 0 Å². The van der Waals surface area contributed by atoms with Crippen molar-refractivity contribution >= 4 is 28.7 Å². The van der Waals surface area contributed by atoms with Crippen molar-refractivity contribution in [3.8, 4) is 11.5 Å². The molecule has 4 aromatic rings. The lowest BCUT2D eigenvalue weighted by atomic mass is 9.99. The van der Waals surface area contributed by atoms with Crippen LogP contribution >= 0.6 is 0 Å². The quantitative estimate of drug-likeness (QED) is 0.438. The van der Waals surface area contributed by atoms with Gasteiger partial charge in [-0.25, -0.2) is 0 Å². The molecule has 0 aliphatic carbocycles. The van der Waals surface area contributed by atoms with Crippen LogP contribution in [0.4, 0.5) is 5.82 Å². The Kier molecular flexibility index (Phi) is 5.53. The molecular formula is C27H26N4O3. The fourth-order valence-electron chi connectivity index (χ4n) is 4.17. The SMILES string of the molecule is COc1c(C(=O)Nc2nn(CCc3cccnc3)c3ccccc23)ccc2c1C=CC(C)(C)O2. The summed E-state index contributed by atoms with van der Waals surface area (Å²) in [7, 11) is 1.56. The van der Waals surface area contributed by atoms with Crippen LogP contribution in [0.3, 0.4) is 0 Å². The van der Waals surface area contributed by atoms with Crippen LogP contribution in [-0.4, -0.2) is 33.4 Å². The number of fused-ring (bicyclic) bond motifs is 2. The molecule has 1 aliphatic rings. The molecule has 0 fully saturated rings. The predicted octanol–water partition coefficient (Wildman–Crippen LogP) is 5.12. The molecule has 0 bridgehead atoms. The van der Waals surface area contributed by atoms with E-state index in [0.717, 1.165) is 28.5 Å². The van der Waals surface area contributed by atoms with E-state index < -0.39 is 5.60 Å². The van der Waals surface area contributed by atoms with Crippen molar-refractivity contribution in [2.75, 3.05) is 12.4 Å². The molecule has 1 aliphatic heterocycles. The number of methoxy groups -OCH3 is 1. The molecule has 5 rings (SSSR count). The fraction of sp³-hybridized carbons (Fsp3) is 0.222. The van der Waals surface area contributed by atoms with Gasteiger partial charge in [0.05, 0.1) is 23.8 Å². The second-order valence-electron chi connectivity index (χ2n) is 8.75. The highest BCUT2D eigenvalue weighted by Crippen LogP contribution is 2.39. The zero-order valence-corrected chi connectivity index (χ0v) is 19.4. The number of pyridine rings is 1. The molecule has 2 aromatic heterocycles. The topological polar surface area (TPSA) is 78.3 Å². The van der Waals surface area contributed by atoms with E-state index in [0.29, 0.717) is 29.4 Å². The number of benzene rings is 2. The summed E-state index contributed by atoms with van der Waals surface area (Å²) < 4.78 is 13.6. The normalized spacial score (nSPS) is 13.9. The van der Waals surface area contributed by atoms with Crippen molar-refractivity contribution in [3.63, 3.8) is 0 Å². The van der Waals surface area contributed by atoms with E-state index in [9.17, 15) is 4.79 Å². The molecule has 3 heterocycles. The maximum absolute atomic E-state index is 13.3. The second-order valence-corrected chi connectivity index (χ2v) is 8.75. The standard InChI is InChI=1S/C27H26N4O3/c1-27(2)14-12-20-23(34-27)11-10-21(24(20)33-3)26(32)29-25-19-8-4-5-9-22(19)31(30-25)16-13-18-7-6-15-28-17-18/h4-12,14-15,17H,13,16H2,1-3H3,(H,29,30,32). The molecule has 0 atom stereocenters. The number of rotatable bonds is 6. The Morgan fingerprint density at radius 2 is 2.00 bits per heavy atom. The average Bonchev–Trinajstić information content (AvgIpc) is 3.19. The fourth-order valence-corrected chi connectivity index (χ4v) is 4.17. The number of carbonyl (C=O) groups is 1. The number of ether oxygens (including phenoxy) is 2. The first-order chi connectivity index (χ1) is 16.4. The van der Waals surface area contributed by atoms with Gasteiger partial charge in [-0.1, -0.05) is 18.2 Å². The monoisotopic (exact) mass is 454 g/mol. The molecular weight excluding hydrogens is 428 g/mol. The van der Waals surface area contributed by atoms with Gasteiger partial charge in [-0.2, -0.15) is 5.10 Å². The van der Waals surface area contributed by atoms with Crippen molar-refractivity contribution in [2.24, 2.45) is 0 Å². The summed E-state index contributed by atoms with van der Waals surface area (Å²) in [5, 5.41) is 8.58. The Labute approximate surface area is 198 Å². The van der Waals surface area contributed by atoms with Gasteiger partial charge >= 0.3 is 0 Å². The number of nitrogens with zero attached hydrogens (tertiary/aromatic N) is 3. The highest BCUT2D eigenvalue weighted by molar-refractivity contribution is 6.10. The molecule has 172 valence electrons. The number of nitrogens with one attached hydrogen (secondary N) is 1. The van der Waals surface area contributed by atoms with Gasteiger partial charge in [0, 0.05) is 24.3 Å². The zero-order valence-electron chi connectivity index (χ0n) is 19.4. The number of amides is 1. The van der Waals surface area contributed by atoms with Crippen molar-refractivity contribution in [3.05, 3.63) is 83.7 Å². The van der Waals surface area contributed by atoms with E-state index in [4.69, 9.17) is 14.6 Å². The molecule has 0 radical (unpaired) electrons. The molecule has 0 saturated heterocycles. The third kappa shape index (κ3) is 4.12. The van der Waals surface area contributed by atoms with E-state index in [1.807, 2.05) is 79.3 Å². The molecule has 7 heteroatoms. The van der Waals surface area contributed by atoms with Gasteiger partial charge in [0.25, 0.3) is 5.91 Å². The zero-order chi connectivity index (χ0) is 23.7. The van der Waals surface area contributed by atoms with E-state index in [1.165, 1.54) is 0 Å². The van der Waals surface area contributed by atoms with Crippen LogP contribution in [-0.2, 0) is 13.0 Å². The molecule has 0 unspecified atom stereocenters. The number of carbonyl (C=O) groups excluding carboxylic acids is 1. The molecule has 1 N–H and O–H groups in total. The molecule has 34 heavy (non-hydrogen) atoms. The number of hydrogen-bond donors (Lipinski definition) is 1. The van der Waals surface area contributed by atoms with Gasteiger partial charge in [-0.05, 0) is 68.3 Å². The Balaban J connectivity index is 1.44. The van der Waals surface area contributed by atoms with Crippen molar-refractivity contribution in [1.29, 1.82) is 0 Å². The number of aryl methyl sites for hydroxylation is 2. The lowest BCUT2D eigenvalue weighted by molar-refractivity contribution is 0.102. The number of hydrogen-bond acceptors (Lipinski definition) is 5. The van der Waals surface area contributed by atoms with E-state index in [-0.39, 0.29) is 5.91 Å². The molecule has 2 aromatic carbocycles. The van der Waals surface area contributed by atoms with Gasteiger partial charge < -0.3 is 14.8 Å². The molecule has 7 nitrogen and oxygen atoms in total. The van der Waals surface area contributed by atoms with Crippen LogP contribution in [0.25, 0.3) is 17.0 Å². The number of para-hydroxylation sites is 1. The first-order valence-corrected chi connectivity index (χ1v) is 11.2. The van der Waals surface area contributed by atoms with Crippen LogP contribution in [0.15, 0.2) is 67.0 Å². The average molecular weight is 455 g/mol. The summed E-state index contributed by atoms with van der Waals surface area (Å²) in [6.07, 6.45) is 8.30. The molecule has 0 spiro atoms. The largest absolute Gasteiger partial charge is 0.495 e. The lowest BCUT2D eigenvalue weighted by Crippen LogP contribution is -2.28. The maximum atomic E-state index is 13.3. The minimum Gasteiger partial charge on any atom is -0.495 e. The van der Waals surface area contributed by atoms with Crippen LogP contribution in [0, 0.1) is 0 Å². The third-order valence-corrected chi connectivity index (χ3v) is 5.85. The van der Waals surface area contributed by atoms with Crippen LogP contribution in [0.2, 0.25) is 0 Å². The highest BCUT2D eigenvalue weighted by atomic mass is 16.5. The summed E-state index contributed by atoms with van der Waals surface area (Å²) in [5.74, 6) is 1.38. The lowest BCUT2D eigenvalue weighted by Gasteiger charge is -2.29. The van der Waals surface area contributed by atoms with Crippen LogP contribution in [0.1, 0.15) is 35.3 Å². The second kappa shape index (κ2) is 8.67. The van der Waals surface area contributed by atoms with E-state index in [2.05, 4.69) is 10.3 Å². The number of aromatic nitrogens is 3. The van der Waals surface area contributed by atoms with E-state index >= 15 is 0 Å². The van der Waals surface area contributed by atoms with Crippen LogP contribution < -0.4 is 14.8 Å². The highest BCUT2D eigenvalue weighted by Gasteiger charge is 2.27. The Morgan fingerprint density at radius 1 is 1.15 bits per heavy atom. The van der Waals surface area contributed by atoms with Crippen molar-refractivity contribution in [2.45, 2.75) is 32.4 Å². The van der Waals surface area contributed by atoms with Crippen LogP contribution in [0.5, 0.6) is 11.5 Å². The Bertz CT molecular complexity index is 1390. The number of anilines is 1. The van der Waals surface area contributed by atoms with Gasteiger partial charge in [-0.3, -0.25) is 14.5 Å². The Hall–Kier alpha value is -4.13.